The third-order valence-corrected chi connectivity index (χ3v) is 7.35. The Bertz CT molecular complexity index is 1040. The van der Waals surface area contributed by atoms with Crippen LogP contribution in [0.3, 0.4) is 0 Å². The molecule has 0 aromatic heterocycles. The minimum absolute atomic E-state index is 0.151. The fourth-order valence-electron chi connectivity index (χ4n) is 3.75. The Hall–Kier alpha value is -2.42. The van der Waals surface area contributed by atoms with E-state index in [1.807, 2.05) is 0 Å². The van der Waals surface area contributed by atoms with Crippen molar-refractivity contribution in [1.29, 1.82) is 0 Å². The van der Waals surface area contributed by atoms with Gasteiger partial charge in [0.05, 0.1) is 4.90 Å². The monoisotopic (exact) mass is 477 g/mol. The maximum absolute atomic E-state index is 12.6. The summed E-state index contributed by atoms with van der Waals surface area (Å²) in [5.74, 6) is -0.467. The molecule has 1 saturated carbocycles. The lowest BCUT2D eigenvalue weighted by atomic mass is 9.81. The highest BCUT2D eigenvalue weighted by atomic mass is 35.5. The third kappa shape index (κ3) is 6.79. The highest BCUT2D eigenvalue weighted by molar-refractivity contribution is 7.89. The van der Waals surface area contributed by atoms with Crippen molar-refractivity contribution in [3.8, 4) is 0 Å². The predicted octanol–water partition coefficient (Wildman–Crippen LogP) is 3.57. The molecule has 0 heterocycles. The standard InChI is InChI=1S/C23H28ClN3O4S/c1-16(22(28)27-20-7-5-6-19(24)14-20)26-23(29)18-12-10-17(11-13-18)15-25-32(30,31)21-8-3-2-4-9-21/h2-9,14,16-18,25H,10-13,15H2,1H3,(H,26,29)(H,27,28)/t16-,17?,18?/m0/s1. The fourth-order valence-corrected chi connectivity index (χ4v) is 5.08. The third-order valence-electron chi connectivity index (χ3n) is 5.68. The van der Waals surface area contributed by atoms with E-state index >= 15 is 0 Å². The van der Waals surface area contributed by atoms with Crippen LogP contribution in [-0.2, 0) is 19.6 Å². The Balaban J connectivity index is 1.42. The molecule has 0 bridgehead atoms. The number of carbonyl (C=O) groups is 2. The van der Waals surface area contributed by atoms with Crippen molar-refractivity contribution >= 4 is 39.1 Å². The lowest BCUT2D eigenvalue weighted by Crippen LogP contribution is -2.45. The van der Waals surface area contributed by atoms with Crippen molar-refractivity contribution in [1.82, 2.24) is 10.0 Å². The van der Waals surface area contributed by atoms with E-state index in [0.29, 0.717) is 30.1 Å². The zero-order valence-corrected chi connectivity index (χ0v) is 19.5. The average molecular weight is 478 g/mol. The van der Waals surface area contributed by atoms with Gasteiger partial charge in [0, 0.05) is 23.2 Å². The maximum Gasteiger partial charge on any atom is 0.246 e. The zero-order chi connectivity index (χ0) is 23.1. The van der Waals surface area contributed by atoms with Crippen LogP contribution in [-0.4, -0.2) is 32.8 Å². The van der Waals surface area contributed by atoms with Crippen LogP contribution in [0.1, 0.15) is 32.6 Å². The molecule has 2 aromatic rings. The summed E-state index contributed by atoms with van der Waals surface area (Å²) in [6.45, 7) is 1.99. The van der Waals surface area contributed by atoms with Gasteiger partial charge in [-0.1, -0.05) is 35.9 Å². The van der Waals surface area contributed by atoms with Crippen molar-refractivity contribution in [3.63, 3.8) is 0 Å². The quantitative estimate of drug-likeness (QED) is 0.540. The molecule has 0 aliphatic heterocycles. The molecule has 0 unspecified atom stereocenters. The van der Waals surface area contributed by atoms with Crippen molar-refractivity contribution < 1.29 is 18.0 Å². The van der Waals surface area contributed by atoms with E-state index in [1.165, 1.54) is 0 Å². The number of benzene rings is 2. The molecule has 3 N–H and O–H groups in total. The lowest BCUT2D eigenvalue weighted by molar-refractivity contribution is -0.129. The molecule has 2 amide bonds. The van der Waals surface area contributed by atoms with Gasteiger partial charge in [-0.25, -0.2) is 13.1 Å². The number of amides is 2. The Morgan fingerprint density at radius 3 is 2.38 bits per heavy atom. The molecule has 7 nitrogen and oxygen atoms in total. The number of rotatable bonds is 8. The highest BCUT2D eigenvalue weighted by Gasteiger charge is 2.29. The summed E-state index contributed by atoms with van der Waals surface area (Å²) >= 11 is 5.93. The second-order valence-electron chi connectivity index (χ2n) is 8.11. The minimum atomic E-state index is -3.53. The van der Waals surface area contributed by atoms with Gasteiger partial charge in [-0.15, -0.1) is 0 Å². The molecule has 3 rings (SSSR count). The molecule has 1 fully saturated rings. The first-order chi connectivity index (χ1) is 15.2. The second kappa shape index (κ2) is 10.9. The van der Waals surface area contributed by atoms with Crippen LogP contribution >= 0.6 is 11.6 Å². The first-order valence-corrected chi connectivity index (χ1v) is 12.5. The smallest absolute Gasteiger partial charge is 0.246 e. The van der Waals surface area contributed by atoms with Crippen molar-refractivity contribution in [2.24, 2.45) is 11.8 Å². The van der Waals surface area contributed by atoms with Crippen LogP contribution in [0.15, 0.2) is 59.5 Å². The van der Waals surface area contributed by atoms with Crippen LogP contribution in [0, 0.1) is 11.8 Å². The van der Waals surface area contributed by atoms with Crippen molar-refractivity contribution in [2.75, 3.05) is 11.9 Å². The van der Waals surface area contributed by atoms with Crippen LogP contribution in [0.25, 0.3) is 0 Å². The molecule has 0 radical (unpaired) electrons. The van der Waals surface area contributed by atoms with Gasteiger partial charge in [0.1, 0.15) is 6.04 Å². The summed E-state index contributed by atoms with van der Waals surface area (Å²) < 4.78 is 27.4. The minimum Gasteiger partial charge on any atom is -0.344 e. The Morgan fingerprint density at radius 2 is 1.72 bits per heavy atom. The van der Waals surface area contributed by atoms with Gasteiger partial charge in [-0.3, -0.25) is 9.59 Å². The molecular formula is C23H28ClN3O4S. The van der Waals surface area contributed by atoms with Gasteiger partial charge in [-0.2, -0.15) is 0 Å². The molecule has 1 aliphatic rings. The summed E-state index contributed by atoms with van der Waals surface area (Å²) in [6.07, 6.45) is 2.81. The number of hydrogen-bond donors (Lipinski definition) is 3. The van der Waals surface area contributed by atoms with Gasteiger partial charge >= 0.3 is 0 Å². The summed E-state index contributed by atoms with van der Waals surface area (Å²) in [6, 6.07) is 14.4. The van der Waals surface area contributed by atoms with Gasteiger partial charge in [0.2, 0.25) is 21.8 Å². The van der Waals surface area contributed by atoms with Crippen molar-refractivity contribution in [3.05, 3.63) is 59.6 Å². The molecule has 2 aromatic carbocycles. The average Bonchev–Trinajstić information content (AvgIpc) is 2.78. The normalized spacial score (nSPS) is 19.7. The molecule has 32 heavy (non-hydrogen) atoms. The molecule has 0 saturated heterocycles. The molecular weight excluding hydrogens is 450 g/mol. The Kier molecular flexibility index (Phi) is 8.28. The van der Waals surface area contributed by atoms with E-state index in [0.717, 1.165) is 12.8 Å². The van der Waals surface area contributed by atoms with E-state index in [9.17, 15) is 18.0 Å². The fraction of sp³-hybridized carbons (Fsp3) is 0.391. The molecule has 9 heteroatoms. The molecule has 172 valence electrons. The number of nitrogens with one attached hydrogen (secondary N) is 3. The van der Waals surface area contributed by atoms with Gasteiger partial charge in [0.15, 0.2) is 0 Å². The molecule has 1 atom stereocenters. The van der Waals surface area contributed by atoms with Crippen LogP contribution in [0.2, 0.25) is 5.02 Å². The number of hydrogen-bond acceptors (Lipinski definition) is 4. The number of anilines is 1. The van der Waals surface area contributed by atoms with E-state index in [-0.39, 0.29) is 28.5 Å². The van der Waals surface area contributed by atoms with Gasteiger partial charge in [-0.05, 0) is 68.9 Å². The first-order valence-electron chi connectivity index (χ1n) is 10.7. The van der Waals surface area contributed by atoms with Crippen LogP contribution in [0.5, 0.6) is 0 Å². The molecule has 1 aliphatic carbocycles. The Morgan fingerprint density at radius 1 is 1.03 bits per heavy atom. The summed E-state index contributed by atoms with van der Waals surface area (Å²) in [5.41, 5.74) is 0.571. The topological polar surface area (TPSA) is 104 Å². The number of carbonyl (C=O) groups excluding carboxylic acids is 2. The summed E-state index contributed by atoms with van der Waals surface area (Å²) in [5, 5.41) is 6.04. The Labute approximate surface area is 194 Å². The summed E-state index contributed by atoms with van der Waals surface area (Å²) in [4.78, 5) is 25.2. The lowest BCUT2D eigenvalue weighted by Gasteiger charge is -2.28. The number of sulfonamides is 1. The second-order valence-corrected chi connectivity index (χ2v) is 10.3. The first kappa shape index (κ1) is 24.2. The van der Waals surface area contributed by atoms with Gasteiger partial charge < -0.3 is 10.6 Å². The van der Waals surface area contributed by atoms with Crippen molar-refractivity contribution in [2.45, 2.75) is 43.5 Å². The SMILES string of the molecule is C[C@H](NC(=O)C1CCC(CNS(=O)(=O)c2ccccc2)CC1)C(=O)Nc1cccc(Cl)c1. The van der Waals surface area contributed by atoms with E-state index in [4.69, 9.17) is 11.6 Å². The molecule has 0 spiro atoms. The van der Waals surface area contributed by atoms with Gasteiger partial charge in [0.25, 0.3) is 0 Å². The van der Waals surface area contributed by atoms with Crippen LogP contribution < -0.4 is 15.4 Å². The zero-order valence-electron chi connectivity index (χ0n) is 17.9. The largest absolute Gasteiger partial charge is 0.344 e. The summed E-state index contributed by atoms with van der Waals surface area (Å²) in [7, 11) is -3.53. The predicted molar refractivity (Wildman–Crippen MR) is 125 cm³/mol. The highest BCUT2D eigenvalue weighted by Crippen LogP contribution is 2.29. The van der Waals surface area contributed by atoms with E-state index < -0.39 is 16.1 Å². The van der Waals surface area contributed by atoms with E-state index in [2.05, 4.69) is 15.4 Å². The van der Waals surface area contributed by atoms with E-state index in [1.54, 1.807) is 61.5 Å². The van der Waals surface area contributed by atoms with Crippen LogP contribution in [0.4, 0.5) is 5.69 Å². The maximum atomic E-state index is 12.6. The number of halogens is 1.